The maximum Gasteiger partial charge on any atom is 0.225 e. The quantitative estimate of drug-likeness (QED) is 0.868. The van der Waals surface area contributed by atoms with Crippen LogP contribution in [0.2, 0.25) is 0 Å². The molecule has 22 heavy (non-hydrogen) atoms. The Labute approximate surface area is 130 Å². The zero-order chi connectivity index (χ0) is 14.9. The van der Waals surface area contributed by atoms with Gasteiger partial charge in [0.1, 0.15) is 12.2 Å². The summed E-state index contributed by atoms with van der Waals surface area (Å²) in [6.45, 7) is 1.77. The van der Waals surface area contributed by atoms with Gasteiger partial charge in [0.05, 0.1) is 0 Å². The molecule has 1 aliphatic carbocycles. The van der Waals surface area contributed by atoms with Crippen LogP contribution < -0.4 is 0 Å². The number of carbonyl (C=O) groups excluding carboxylic acids is 1. The summed E-state index contributed by atoms with van der Waals surface area (Å²) in [6.07, 6.45) is 5.89. The van der Waals surface area contributed by atoms with E-state index in [1.165, 1.54) is 0 Å². The van der Waals surface area contributed by atoms with Gasteiger partial charge in [-0.2, -0.15) is 0 Å². The van der Waals surface area contributed by atoms with Crippen LogP contribution in [-0.2, 0) is 11.2 Å². The summed E-state index contributed by atoms with van der Waals surface area (Å²) < 4.78 is 2.05. The van der Waals surface area contributed by atoms with Crippen molar-refractivity contribution in [2.24, 2.45) is 11.8 Å². The molecular weight excluding hydrogens is 276 g/mol. The fourth-order valence-corrected chi connectivity index (χ4v) is 3.25. The van der Waals surface area contributed by atoms with E-state index in [-0.39, 0.29) is 0 Å². The van der Waals surface area contributed by atoms with Crippen LogP contribution in [0.25, 0.3) is 5.69 Å². The maximum atomic E-state index is 12.1. The highest BCUT2D eigenvalue weighted by Crippen LogP contribution is 2.33. The molecule has 2 fully saturated rings. The smallest absolute Gasteiger partial charge is 0.225 e. The zero-order valence-corrected chi connectivity index (χ0v) is 12.6. The van der Waals surface area contributed by atoms with Gasteiger partial charge >= 0.3 is 0 Å². The molecule has 1 aromatic heterocycles. The first-order chi connectivity index (χ1) is 10.8. The number of amides is 1. The van der Waals surface area contributed by atoms with Crippen LogP contribution in [0.1, 0.15) is 25.1 Å². The molecule has 1 saturated heterocycles. The molecule has 0 spiro atoms. The topological polar surface area (TPSA) is 51.0 Å². The van der Waals surface area contributed by atoms with Crippen molar-refractivity contribution in [3.8, 4) is 5.69 Å². The third kappa shape index (κ3) is 2.63. The minimum Gasteiger partial charge on any atom is -0.342 e. The Balaban J connectivity index is 1.44. The largest absolute Gasteiger partial charge is 0.342 e. The molecular formula is C17H20N4O. The number of carbonyl (C=O) groups is 1. The number of nitrogens with zero attached hydrogens (tertiary/aromatic N) is 4. The van der Waals surface area contributed by atoms with Crippen LogP contribution in [0.15, 0.2) is 36.7 Å². The molecule has 1 saturated carbocycles. The number of likely N-dealkylation sites (tertiary alicyclic amines) is 1. The highest BCUT2D eigenvalue weighted by Gasteiger charge is 2.36. The van der Waals surface area contributed by atoms with Gasteiger partial charge in [-0.05, 0) is 37.3 Å². The van der Waals surface area contributed by atoms with Crippen molar-refractivity contribution < 1.29 is 4.79 Å². The van der Waals surface area contributed by atoms with E-state index in [1.54, 1.807) is 6.33 Å². The summed E-state index contributed by atoms with van der Waals surface area (Å²) in [4.78, 5) is 14.2. The molecule has 1 aromatic carbocycles. The number of rotatable bonds is 4. The summed E-state index contributed by atoms with van der Waals surface area (Å²) >= 11 is 0. The third-order valence-corrected chi connectivity index (χ3v) is 4.65. The predicted molar refractivity (Wildman–Crippen MR) is 82.5 cm³/mol. The zero-order valence-electron chi connectivity index (χ0n) is 12.6. The van der Waals surface area contributed by atoms with Crippen LogP contribution in [0, 0.1) is 11.8 Å². The van der Waals surface area contributed by atoms with Crippen LogP contribution in [0.4, 0.5) is 0 Å². The standard InChI is InChI=1S/C17H20N4O/c22-17(14-6-7-14)20-9-8-13(11-20)10-16-19-18-12-21(16)15-4-2-1-3-5-15/h1-5,12-14H,6-11H2. The summed E-state index contributed by atoms with van der Waals surface area (Å²) in [5.41, 5.74) is 1.09. The van der Waals surface area contributed by atoms with Gasteiger partial charge in [-0.15, -0.1) is 10.2 Å². The lowest BCUT2D eigenvalue weighted by Gasteiger charge is -2.16. The van der Waals surface area contributed by atoms with Gasteiger partial charge in [0.25, 0.3) is 0 Å². The lowest BCUT2D eigenvalue weighted by atomic mass is 10.0. The molecule has 2 heterocycles. The fourth-order valence-electron chi connectivity index (χ4n) is 3.25. The first-order valence-electron chi connectivity index (χ1n) is 8.04. The van der Waals surface area contributed by atoms with E-state index in [1.807, 2.05) is 27.7 Å². The van der Waals surface area contributed by atoms with E-state index < -0.39 is 0 Å². The highest BCUT2D eigenvalue weighted by molar-refractivity contribution is 5.81. The Morgan fingerprint density at radius 2 is 2.00 bits per heavy atom. The minimum absolute atomic E-state index is 0.326. The maximum absolute atomic E-state index is 12.1. The molecule has 5 nitrogen and oxygen atoms in total. The monoisotopic (exact) mass is 296 g/mol. The Bertz CT molecular complexity index is 662. The molecule has 0 N–H and O–H groups in total. The summed E-state index contributed by atoms with van der Waals surface area (Å²) in [7, 11) is 0. The number of para-hydroxylation sites is 1. The summed E-state index contributed by atoms with van der Waals surface area (Å²) in [6, 6.07) is 10.2. The van der Waals surface area contributed by atoms with Crippen molar-refractivity contribution in [2.45, 2.75) is 25.7 Å². The highest BCUT2D eigenvalue weighted by atomic mass is 16.2. The molecule has 2 aliphatic rings. The molecule has 1 atom stereocenters. The predicted octanol–water partition coefficient (Wildman–Crippen LogP) is 2.07. The number of hydrogen-bond acceptors (Lipinski definition) is 3. The Hall–Kier alpha value is -2.17. The second kappa shape index (κ2) is 5.55. The van der Waals surface area contributed by atoms with Crippen molar-refractivity contribution >= 4 is 5.91 Å². The molecule has 5 heteroatoms. The lowest BCUT2D eigenvalue weighted by Crippen LogP contribution is -2.30. The van der Waals surface area contributed by atoms with E-state index >= 15 is 0 Å². The van der Waals surface area contributed by atoms with Crippen LogP contribution in [0.5, 0.6) is 0 Å². The van der Waals surface area contributed by atoms with E-state index in [0.29, 0.717) is 17.7 Å². The first-order valence-corrected chi connectivity index (χ1v) is 8.04. The molecule has 0 radical (unpaired) electrons. The second-order valence-electron chi connectivity index (χ2n) is 6.37. The molecule has 1 amide bonds. The van der Waals surface area contributed by atoms with E-state index in [9.17, 15) is 4.79 Å². The molecule has 1 unspecified atom stereocenters. The minimum atomic E-state index is 0.326. The van der Waals surface area contributed by atoms with Crippen LogP contribution in [-0.4, -0.2) is 38.7 Å². The Morgan fingerprint density at radius 1 is 1.18 bits per heavy atom. The molecule has 1 aliphatic heterocycles. The average Bonchev–Trinajstić information content (AvgIpc) is 3.13. The van der Waals surface area contributed by atoms with E-state index in [4.69, 9.17) is 0 Å². The SMILES string of the molecule is O=C(C1CC1)N1CCC(Cc2nncn2-c2ccccc2)C1. The van der Waals surface area contributed by atoms with Gasteiger partial charge in [-0.3, -0.25) is 9.36 Å². The fraction of sp³-hybridized carbons (Fsp3) is 0.471. The molecule has 0 bridgehead atoms. The van der Waals surface area contributed by atoms with Gasteiger partial charge < -0.3 is 4.90 Å². The summed E-state index contributed by atoms with van der Waals surface area (Å²) in [5.74, 6) is 2.17. The van der Waals surface area contributed by atoms with Crippen molar-refractivity contribution in [1.82, 2.24) is 19.7 Å². The second-order valence-corrected chi connectivity index (χ2v) is 6.37. The number of benzene rings is 1. The van der Waals surface area contributed by atoms with Gasteiger partial charge in [0, 0.05) is 31.1 Å². The van der Waals surface area contributed by atoms with Gasteiger partial charge in [-0.25, -0.2) is 0 Å². The Morgan fingerprint density at radius 3 is 2.77 bits per heavy atom. The van der Waals surface area contributed by atoms with Crippen molar-refractivity contribution in [3.05, 3.63) is 42.5 Å². The average molecular weight is 296 g/mol. The van der Waals surface area contributed by atoms with E-state index in [0.717, 1.165) is 50.3 Å². The van der Waals surface area contributed by atoms with Crippen molar-refractivity contribution in [2.75, 3.05) is 13.1 Å². The third-order valence-electron chi connectivity index (χ3n) is 4.65. The molecule has 114 valence electrons. The van der Waals surface area contributed by atoms with Crippen LogP contribution >= 0.6 is 0 Å². The molecule has 2 aromatic rings. The van der Waals surface area contributed by atoms with Gasteiger partial charge in [-0.1, -0.05) is 18.2 Å². The van der Waals surface area contributed by atoms with Crippen molar-refractivity contribution in [3.63, 3.8) is 0 Å². The van der Waals surface area contributed by atoms with Crippen LogP contribution in [0.3, 0.4) is 0 Å². The first kappa shape index (κ1) is 13.5. The number of hydrogen-bond donors (Lipinski definition) is 0. The number of aromatic nitrogens is 3. The van der Waals surface area contributed by atoms with Gasteiger partial charge in [0.15, 0.2) is 0 Å². The normalized spacial score (nSPS) is 21.3. The van der Waals surface area contributed by atoms with E-state index in [2.05, 4.69) is 22.3 Å². The van der Waals surface area contributed by atoms with Gasteiger partial charge in [0.2, 0.25) is 5.91 Å². The van der Waals surface area contributed by atoms with Crippen molar-refractivity contribution in [1.29, 1.82) is 0 Å². The lowest BCUT2D eigenvalue weighted by molar-refractivity contribution is -0.131. The molecule has 4 rings (SSSR count). The Kier molecular flexibility index (Phi) is 3.41. The summed E-state index contributed by atoms with van der Waals surface area (Å²) in [5, 5.41) is 8.35.